The lowest BCUT2D eigenvalue weighted by atomic mass is 9.78. The van der Waals surface area contributed by atoms with E-state index in [4.69, 9.17) is 5.11 Å². The maximum atomic E-state index is 13.0. The van der Waals surface area contributed by atoms with E-state index in [1.807, 2.05) is 25.1 Å². The van der Waals surface area contributed by atoms with Crippen molar-refractivity contribution in [1.82, 2.24) is 15.0 Å². The molecular formula is C26H28F2N4O3. The van der Waals surface area contributed by atoms with Gasteiger partial charge in [-0.05, 0) is 80.5 Å². The molecule has 0 spiro atoms. The SMILES string of the molecule is Cc1cc(Nc2cc(C(F)F)ccn2)nc(-c2ccc(CC(O)[C@H]3CC[C@H](C(=O)O)CC3)nc2)c1. The number of rotatable bonds is 8. The van der Waals surface area contributed by atoms with E-state index in [1.165, 1.54) is 18.3 Å². The van der Waals surface area contributed by atoms with Crippen LogP contribution in [0.4, 0.5) is 20.4 Å². The van der Waals surface area contributed by atoms with Crippen LogP contribution in [0.15, 0.2) is 48.8 Å². The van der Waals surface area contributed by atoms with Crippen molar-refractivity contribution >= 4 is 17.6 Å². The minimum Gasteiger partial charge on any atom is -0.481 e. The molecule has 0 aliphatic heterocycles. The highest BCUT2D eigenvalue weighted by Gasteiger charge is 2.30. The average molecular weight is 483 g/mol. The molecule has 1 unspecified atom stereocenters. The van der Waals surface area contributed by atoms with Gasteiger partial charge in [0.25, 0.3) is 6.43 Å². The highest BCUT2D eigenvalue weighted by Crippen LogP contribution is 2.32. The van der Waals surface area contributed by atoms with Gasteiger partial charge in [0.2, 0.25) is 0 Å². The number of carboxylic acid groups (broad SMARTS) is 1. The van der Waals surface area contributed by atoms with Crippen molar-refractivity contribution in [2.45, 2.75) is 51.6 Å². The molecule has 9 heteroatoms. The van der Waals surface area contributed by atoms with Gasteiger partial charge in [-0.1, -0.05) is 0 Å². The Bertz CT molecular complexity index is 1170. The first kappa shape index (κ1) is 24.7. The molecule has 1 aliphatic carbocycles. The van der Waals surface area contributed by atoms with Crippen molar-refractivity contribution in [2.24, 2.45) is 11.8 Å². The third-order valence-corrected chi connectivity index (χ3v) is 6.47. The number of hydrogen-bond acceptors (Lipinski definition) is 6. The second-order valence-electron chi connectivity index (χ2n) is 9.07. The molecule has 0 amide bonds. The maximum absolute atomic E-state index is 13.0. The molecule has 1 aliphatic rings. The number of nitrogens with zero attached hydrogens (tertiary/aromatic N) is 3. The molecule has 0 radical (unpaired) electrons. The van der Waals surface area contributed by atoms with Gasteiger partial charge < -0.3 is 15.5 Å². The van der Waals surface area contributed by atoms with E-state index in [1.54, 1.807) is 12.3 Å². The number of aromatic nitrogens is 3. The first-order chi connectivity index (χ1) is 16.8. The monoisotopic (exact) mass is 482 g/mol. The van der Waals surface area contributed by atoms with Gasteiger partial charge in [-0.3, -0.25) is 9.78 Å². The van der Waals surface area contributed by atoms with Gasteiger partial charge in [0.15, 0.2) is 0 Å². The summed E-state index contributed by atoms with van der Waals surface area (Å²) in [5.74, 6) is -0.212. The number of aliphatic carboxylic acids is 1. The third kappa shape index (κ3) is 6.36. The van der Waals surface area contributed by atoms with Crippen LogP contribution in [0.1, 0.15) is 48.9 Å². The van der Waals surface area contributed by atoms with E-state index >= 15 is 0 Å². The number of nitrogens with one attached hydrogen (secondary N) is 1. The van der Waals surface area contributed by atoms with Crippen molar-refractivity contribution in [1.29, 1.82) is 0 Å². The Morgan fingerprint density at radius 1 is 1.09 bits per heavy atom. The van der Waals surface area contributed by atoms with Gasteiger partial charge in [0.1, 0.15) is 11.6 Å². The lowest BCUT2D eigenvalue weighted by molar-refractivity contribution is -0.143. The lowest BCUT2D eigenvalue weighted by Gasteiger charge is -2.29. The van der Waals surface area contributed by atoms with Crippen LogP contribution < -0.4 is 5.32 Å². The molecule has 4 rings (SSSR count). The zero-order valence-corrected chi connectivity index (χ0v) is 19.4. The largest absolute Gasteiger partial charge is 0.481 e. The predicted molar refractivity (Wildman–Crippen MR) is 127 cm³/mol. The summed E-state index contributed by atoms with van der Waals surface area (Å²) in [5, 5.41) is 22.8. The van der Waals surface area contributed by atoms with Crippen LogP contribution in [0.2, 0.25) is 0 Å². The van der Waals surface area contributed by atoms with Crippen molar-refractivity contribution in [3.05, 3.63) is 65.6 Å². The number of anilines is 2. The standard InChI is InChI=1S/C26H28F2N4O3/c1-15-10-21(31-24(11-15)32-23-12-18(25(27)28)8-9-29-23)19-6-7-20(30-14-19)13-22(33)16-2-4-17(5-3-16)26(34)35/h6-12,14,16-17,22,25,33H,2-5,13H2,1H3,(H,34,35)(H,29,31,32)/t16-,17-,22?. The second kappa shape index (κ2) is 10.9. The Balaban J connectivity index is 1.42. The number of carbonyl (C=O) groups is 1. The van der Waals surface area contributed by atoms with Crippen LogP contribution in [0, 0.1) is 18.8 Å². The van der Waals surface area contributed by atoms with E-state index in [2.05, 4.69) is 20.3 Å². The van der Waals surface area contributed by atoms with Crippen LogP contribution in [0.5, 0.6) is 0 Å². The van der Waals surface area contributed by atoms with Crippen LogP contribution in [0.3, 0.4) is 0 Å². The molecule has 3 aromatic rings. The Morgan fingerprint density at radius 2 is 1.86 bits per heavy atom. The van der Waals surface area contributed by atoms with Crippen LogP contribution in [0.25, 0.3) is 11.3 Å². The first-order valence-electron chi connectivity index (χ1n) is 11.6. The minimum atomic E-state index is -2.58. The van der Waals surface area contributed by atoms with Crippen molar-refractivity contribution in [3.63, 3.8) is 0 Å². The molecule has 1 saturated carbocycles. The Hall–Kier alpha value is -3.46. The number of aryl methyl sites for hydroxylation is 1. The molecule has 184 valence electrons. The molecule has 0 saturated heterocycles. The molecule has 3 N–H and O–H groups in total. The summed E-state index contributed by atoms with van der Waals surface area (Å²) in [7, 11) is 0. The Kier molecular flexibility index (Phi) is 7.65. The molecule has 0 aromatic carbocycles. The molecule has 1 atom stereocenters. The number of halogens is 2. The first-order valence-corrected chi connectivity index (χ1v) is 11.6. The van der Waals surface area contributed by atoms with Crippen LogP contribution in [-0.2, 0) is 11.2 Å². The zero-order chi connectivity index (χ0) is 24.9. The van der Waals surface area contributed by atoms with Gasteiger partial charge in [-0.2, -0.15) is 0 Å². The van der Waals surface area contributed by atoms with Crippen LogP contribution >= 0.6 is 0 Å². The summed E-state index contributed by atoms with van der Waals surface area (Å²) >= 11 is 0. The fourth-order valence-corrected chi connectivity index (χ4v) is 4.49. The number of aliphatic hydroxyl groups is 1. The van der Waals surface area contributed by atoms with Gasteiger partial charge in [0.05, 0.1) is 17.7 Å². The molecule has 3 heterocycles. The van der Waals surface area contributed by atoms with E-state index in [0.717, 1.165) is 16.8 Å². The predicted octanol–water partition coefficient (Wildman–Crippen LogP) is 5.32. The van der Waals surface area contributed by atoms with Gasteiger partial charge in [-0.25, -0.2) is 18.7 Å². The lowest BCUT2D eigenvalue weighted by Crippen LogP contribution is -2.30. The normalized spacial score (nSPS) is 18.9. The summed E-state index contributed by atoms with van der Waals surface area (Å²) in [6.45, 7) is 1.91. The summed E-state index contributed by atoms with van der Waals surface area (Å²) in [4.78, 5) is 24.3. The fourth-order valence-electron chi connectivity index (χ4n) is 4.49. The Labute approximate surface area is 202 Å². The fraction of sp³-hybridized carbons (Fsp3) is 0.385. The molecular weight excluding hydrogens is 454 g/mol. The molecule has 7 nitrogen and oxygen atoms in total. The number of hydrogen-bond donors (Lipinski definition) is 3. The molecule has 3 aromatic heterocycles. The molecule has 35 heavy (non-hydrogen) atoms. The number of carboxylic acids is 1. The van der Waals surface area contributed by atoms with E-state index in [9.17, 15) is 18.7 Å². The van der Waals surface area contributed by atoms with Crippen molar-refractivity contribution < 1.29 is 23.8 Å². The van der Waals surface area contributed by atoms with Gasteiger partial charge >= 0.3 is 5.97 Å². The summed E-state index contributed by atoms with van der Waals surface area (Å²) in [6.07, 6.45) is 2.89. The molecule has 0 bridgehead atoms. The third-order valence-electron chi connectivity index (χ3n) is 6.47. The number of alkyl halides is 2. The smallest absolute Gasteiger partial charge is 0.306 e. The van der Waals surface area contributed by atoms with Crippen molar-refractivity contribution in [3.8, 4) is 11.3 Å². The highest BCUT2D eigenvalue weighted by atomic mass is 19.3. The summed E-state index contributed by atoms with van der Waals surface area (Å²) in [5.41, 5.74) is 3.02. The maximum Gasteiger partial charge on any atom is 0.306 e. The van der Waals surface area contributed by atoms with E-state index in [0.29, 0.717) is 43.6 Å². The summed E-state index contributed by atoms with van der Waals surface area (Å²) in [6, 6.07) is 10.0. The van der Waals surface area contributed by atoms with E-state index in [-0.39, 0.29) is 23.2 Å². The van der Waals surface area contributed by atoms with Gasteiger partial charge in [-0.15, -0.1) is 0 Å². The summed E-state index contributed by atoms with van der Waals surface area (Å²) < 4.78 is 26.0. The number of aliphatic hydroxyl groups excluding tert-OH is 1. The second-order valence-corrected chi connectivity index (χ2v) is 9.07. The molecule has 1 fully saturated rings. The minimum absolute atomic E-state index is 0.0799. The van der Waals surface area contributed by atoms with Crippen molar-refractivity contribution in [2.75, 3.05) is 5.32 Å². The zero-order valence-electron chi connectivity index (χ0n) is 19.4. The quantitative estimate of drug-likeness (QED) is 0.399. The van der Waals surface area contributed by atoms with Gasteiger partial charge in [0, 0.05) is 35.6 Å². The topological polar surface area (TPSA) is 108 Å². The highest BCUT2D eigenvalue weighted by molar-refractivity contribution is 5.70. The average Bonchev–Trinajstić information content (AvgIpc) is 2.84. The van der Waals surface area contributed by atoms with Crippen LogP contribution in [-0.4, -0.2) is 37.2 Å². The Morgan fingerprint density at radius 3 is 2.51 bits per heavy atom. The van der Waals surface area contributed by atoms with E-state index < -0.39 is 18.5 Å². The number of pyridine rings is 3.